The summed E-state index contributed by atoms with van der Waals surface area (Å²) in [6.07, 6.45) is 1.31. The van der Waals surface area contributed by atoms with Gasteiger partial charge >= 0.3 is 0 Å². The first kappa shape index (κ1) is 82.7. The Morgan fingerprint density at radius 3 is 1.63 bits per heavy atom. The number of nitrogens with two attached hydrogens (primary N) is 5. The minimum Gasteiger partial charge on any atom is -0.391 e. The Morgan fingerprint density at radius 2 is 1.07 bits per heavy atom. The molecule has 1 heterocycles. The van der Waals surface area contributed by atoms with Gasteiger partial charge in [0.2, 0.25) is 70.9 Å². The average Bonchev–Trinajstić information content (AvgIpc) is 0.942. The van der Waals surface area contributed by atoms with Gasteiger partial charge in [-0.25, -0.2) is 0 Å². The predicted octanol–water partition coefficient (Wildman–Crippen LogP) is -4.18. The van der Waals surface area contributed by atoms with Crippen molar-refractivity contribution in [1.82, 2.24) is 63.8 Å². The molecule has 12 amide bonds. The summed E-state index contributed by atoms with van der Waals surface area (Å²) in [5.74, 6) is -10.4. The first-order valence-electron chi connectivity index (χ1n) is 33.1. The lowest BCUT2D eigenvalue weighted by molar-refractivity contribution is -0.137. The highest BCUT2D eigenvalue weighted by atomic mass is 16.3. The molecule has 1 fully saturated rings. The van der Waals surface area contributed by atoms with Crippen LogP contribution in [0.2, 0.25) is 0 Å². The zero-order chi connectivity index (χ0) is 70.5. The lowest BCUT2D eigenvalue weighted by Crippen LogP contribution is -2.62. The minimum atomic E-state index is -1.77. The van der Waals surface area contributed by atoms with Gasteiger partial charge in [0, 0.05) is 25.9 Å². The Morgan fingerprint density at radius 1 is 0.543 bits per heavy atom. The number of unbranched alkanes of at least 4 members (excludes halogenated alkanes) is 4. The smallest absolute Gasteiger partial charge is 0.245 e. The molecule has 0 bridgehead atoms. The van der Waals surface area contributed by atoms with Gasteiger partial charge in [-0.05, 0) is 115 Å². The van der Waals surface area contributed by atoms with Gasteiger partial charge in [-0.1, -0.05) is 103 Å². The van der Waals surface area contributed by atoms with Crippen molar-refractivity contribution in [1.29, 1.82) is 0 Å². The van der Waals surface area contributed by atoms with Crippen LogP contribution in [0, 0.1) is 11.8 Å². The van der Waals surface area contributed by atoms with Gasteiger partial charge in [0.25, 0.3) is 0 Å². The van der Waals surface area contributed by atoms with Crippen LogP contribution in [0.25, 0.3) is 0 Å². The van der Waals surface area contributed by atoms with E-state index < -0.39 is 163 Å². The second kappa shape index (κ2) is 45.0. The zero-order valence-corrected chi connectivity index (χ0v) is 56.0. The van der Waals surface area contributed by atoms with E-state index in [4.69, 9.17) is 28.7 Å². The van der Waals surface area contributed by atoms with Gasteiger partial charge in [-0.15, -0.1) is 0 Å². The monoisotopic (exact) mass is 1330 g/mol. The van der Waals surface area contributed by atoms with Crippen LogP contribution >= 0.6 is 0 Å². The molecule has 1 aromatic carbocycles. The lowest BCUT2D eigenvalue weighted by atomic mass is 10.00. The topological polar surface area (TPSA) is 520 Å². The van der Waals surface area contributed by atoms with Gasteiger partial charge in [-0.2, -0.15) is 0 Å². The molecule has 0 aromatic heterocycles. The highest BCUT2D eigenvalue weighted by molar-refractivity contribution is 5.99. The Bertz CT molecular complexity index is 2560. The van der Waals surface area contributed by atoms with Crippen molar-refractivity contribution in [3.8, 4) is 0 Å². The van der Waals surface area contributed by atoms with E-state index >= 15 is 0 Å². The standard InChI is InChI=1S/C63H111N17O14/c1-8-9-10-14-20-41(68)53(84)69-32-26-47-59(90)79-51(38(6)81)62(93)70-33-27-46(74-55(86)45(25-31-67)76-63(94)52(39(7)82)80-58(89)42(22-28-64)71-50(83)21-16-15-17-36(2)3)57(88)72-44(24-30-66)56(87)78-49(35-40-18-12-11-13-19-40)61(92)77-48(34-37(4)5)60(91)73-43(23-29-65)54(85)75-47/h11-13,18-19,36-39,41-49,51-52,81-82H,8-10,14-17,20-35,64-68H2,1-7H3,(H,69,84)(H,70,93)(H,71,83)(H,72,88)(H,73,91)(H,74,86)(H,75,85)(H,76,94)(H,77,92)(H,78,87)(H,79,90)(H,80,89)/t38-,39-,41?,42+,43+,44+,45+,46+,47+,48+,49-,51+,52+/m1/s1. The number of hydrogen-bond acceptors (Lipinski definition) is 19. The summed E-state index contributed by atoms with van der Waals surface area (Å²) in [6.45, 7) is 10.7. The predicted molar refractivity (Wildman–Crippen MR) is 352 cm³/mol. The number of hydrogen-bond donors (Lipinski definition) is 19. The first-order chi connectivity index (χ1) is 44.6. The summed E-state index contributed by atoms with van der Waals surface area (Å²) >= 11 is 0. The number of aliphatic hydroxyl groups is 2. The van der Waals surface area contributed by atoms with Crippen molar-refractivity contribution >= 4 is 70.9 Å². The number of aliphatic hydroxyl groups excluding tert-OH is 2. The average molecular weight is 1330 g/mol. The number of nitrogens with one attached hydrogen (secondary N) is 12. The fraction of sp³-hybridized carbons (Fsp3) is 0.714. The Kier molecular flexibility index (Phi) is 39.6. The van der Waals surface area contributed by atoms with Crippen molar-refractivity contribution in [3.05, 3.63) is 35.9 Å². The van der Waals surface area contributed by atoms with Crippen LogP contribution in [0.1, 0.15) is 157 Å². The molecule has 0 aliphatic carbocycles. The molecule has 1 aromatic rings. The lowest BCUT2D eigenvalue weighted by Gasteiger charge is -2.29. The molecule has 2 rings (SSSR count). The summed E-state index contributed by atoms with van der Waals surface area (Å²) in [5.41, 5.74) is 30.4. The van der Waals surface area contributed by atoms with Gasteiger partial charge in [-0.3, -0.25) is 57.5 Å². The largest absolute Gasteiger partial charge is 0.391 e. The summed E-state index contributed by atoms with van der Waals surface area (Å²) in [4.78, 5) is 169. The quantitative estimate of drug-likeness (QED) is 0.0287. The Labute approximate surface area is 552 Å². The van der Waals surface area contributed by atoms with Crippen LogP contribution in [0.3, 0.4) is 0 Å². The van der Waals surface area contributed by atoms with Crippen LogP contribution in [0.5, 0.6) is 0 Å². The van der Waals surface area contributed by atoms with Crippen LogP contribution < -0.4 is 92.5 Å². The van der Waals surface area contributed by atoms with E-state index in [0.29, 0.717) is 30.7 Å². The molecule has 13 atom stereocenters. The Balaban J connectivity index is 2.76. The highest BCUT2D eigenvalue weighted by Gasteiger charge is 2.38. The fourth-order valence-corrected chi connectivity index (χ4v) is 10.2. The third-order valence-corrected chi connectivity index (χ3v) is 15.6. The number of amides is 12. The molecule has 1 aliphatic heterocycles. The molecule has 0 radical (unpaired) electrons. The molecular weight excluding hydrogens is 1220 g/mol. The van der Waals surface area contributed by atoms with E-state index in [2.05, 4.69) is 77.6 Å². The van der Waals surface area contributed by atoms with Gasteiger partial charge in [0.1, 0.15) is 60.4 Å². The number of carbonyl (C=O) groups excluding carboxylic acids is 12. The van der Waals surface area contributed by atoms with E-state index in [-0.39, 0.29) is 90.0 Å². The van der Waals surface area contributed by atoms with E-state index in [1.54, 1.807) is 44.2 Å². The summed E-state index contributed by atoms with van der Waals surface area (Å²) < 4.78 is 0. The second-order valence-electron chi connectivity index (χ2n) is 24.9. The first-order valence-corrected chi connectivity index (χ1v) is 33.1. The SMILES string of the molecule is CCCCCCC(N)C(=O)NCC[C@@H]1NC(=O)[C@H](CCN)NC(=O)[C@H](CC(C)C)NC(=O)[C@@H](Cc2ccccc2)NC(=O)[C@H](CCN)NC(=O)[C@@H](NC(=O)[C@H](CCN)NC(=O)[C@@H](NC(=O)[C@H](CCN)NC(=O)CCCCC(C)C)[C@@H](C)O)CCNC(=O)[C@H]([C@@H](C)O)NC1=O. The van der Waals surface area contributed by atoms with E-state index in [1.165, 1.54) is 13.8 Å². The number of carbonyl (C=O) groups is 12. The molecule has 1 saturated heterocycles. The molecule has 1 unspecified atom stereocenters. The maximum Gasteiger partial charge on any atom is 0.245 e. The normalized spacial score (nSPS) is 21.8. The van der Waals surface area contributed by atoms with E-state index in [0.717, 1.165) is 32.1 Å². The molecule has 532 valence electrons. The third kappa shape index (κ3) is 31.2. The second-order valence-corrected chi connectivity index (χ2v) is 24.9. The third-order valence-electron chi connectivity index (χ3n) is 15.6. The van der Waals surface area contributed by atoms with Crippen molar-refractivity contribution < 1.29 is 67.7 Å². The molecular formula is C63H111N17O14. The fourth-order valence-electron chi connectivity index (χ4n) is 10.2. The van der Waals surface area contributed by atoms with Gasteiger partial charge < -0.3 is 103 Å². The van der Waals surface area contributed by atoms with E-state index in [9.17, 15) is 67.7 Å². The molecule has 94 heavy (non-hydrogen) atoms. The molecule has 31 heteroatoms. The summed E-state index contributed by atoms with van der Waals surface area (Å²) in [6, 6.07) is -7.66. The number of rotatable bonds is 35. The molecule has 31 nitrogen and oxygen atoms in total. The number of benzene rings is 1. The van der Waals surface area contributed by atoms with Crippen molar-refractivity contribution in [2.24, 2.45) is 40.5 Å². The summed E-state index contributed by atoms with van der Waals surface area (Å²) in [7, 11) is 0. The Hall–Kier alpha value is -7.42. The van der Waals surface area contributed by atoms with Crippen molar-refractivity contribution in [2.45, 2.75) is 236 Å². The summed E-state index contributed by atoms with van der Waals surface area (Å²) in [5, 5.41) is 52.8. The van der Waals surface area contributed by atoms with Crippen molar-refractivity contribution in [3.63, 3.8) is 0 Å². The molecule has 1 aliphatic rings. The molecule has 0 saturated carbocycles. The maximum absolute atomic E-state index is 14.7. The van der Waals surface area contributed by atoms with Crippen LogP contribution in [0.15, 0.2) is 30.3 Å². The van der Waals surface area contributed by atoms with Crippen LogP contribution in [-0.2, 0) is 64.0 Å². The van der Waals surface area contributed by atoms with Crippen molar-refractivity contribution in [2.75, 3.05) is 39.3 Å². The minimum absolute atomic E-state index is 0.0107. The van der Waals surface area contributed by atoms with Crippen LogP contribution in [0.4, 0.5) is 0 Å². The molecule has 0 spiro atoms. The maximum atomic E-state index is 14.7. The highest BCUT2D eigenvalue weighted by Crippen LogP contribution is 2.13. The van der Waals surface area contributed by atoms with Gasteiger partial charge in [0.15, 0.2) is 0 Å². The van der Waals surface area contributed by atoms with Crippen LogP contribution in [-0.4, -0.2) is 199 Å². The zero-order valence-electron chi connectivity index (χ0n) is 56.0. The molecule has 24 N–H and O–H groups in total. The van der Waals surface area contributed by atoms with Gasteiger partial charge in [0.05, 0.1) is 18.2 Å². The van der Waals surface area contributed by atoms with E-state index in [1.807, 2.05) is 6.92 Å².